The van der Waals surface area contributed by atoms with E-state index in [1.54, 1.807) is 32.9 Å². The van der Waals surface area contributed by atoms with Crippen LogP contribution in [0.15, 0.2) is 65.8 Å². The second-order valence-corrected chi connectivity index (χ2v) is 6.29. The van der Waals surface area contributed by atoms with E-state index >= 15 is 0 Å². The molecule has 0 saturated carbocycles. The lowest BCUT2D eigenvalue weighted by Gasteiger charge is -2.19. The first-order valence-corrected chi connectivity index (χ1v) is 7.72. The van der Waals surface area contributed by atoms with E-state index in [4.69, 9.17) is 4.74 Å². The van der Waals surface area contributed by atoms with Crippen molar-refractivity contribution in [1.82, 2.24) is 5.43 Å². The van der Waals surface area contributed by atoms with Crippen LogP contribution in [0.1, 0.15) is 38.0 Å². The van der Waals surface area contributed by atoms with Gasteiger partial charge in [0.15, 0.2) is 0 Å². The molecule has 0 aliphatic carbocycles. The minimum atomic E-state index is -0.969. The molecule has 5 heteroatoms. The minimum absolute atomic E-state index is 0.340. The molecule has 24 heavy (non-hydrogen) atoms. The van der Waals surface area contributed by atoms with Crippen LogP contribution in [-0.2, 0) is 4.74 Å². The van der Waals surface area contributed by atoms with Crippen molar-refractivity contribution in [2.24, 2.45) is 5.10 Å². The number of hydrogen-bond donors (Lipinski definition) is 2. The summed E-state index contributed by atoms with van der Waals surface area (Å²) in [6.45, 7) is 5.31. The zero-order valence-electron chi connectivity index (χ0n) is 14.1. The van der Waals surface area contributed by atoms with Gasteiger partial charge in [-0.1, -0.05) is 60.7 Å². The van der Waals surface area contributed by atoms with Crippen molar-refractivity contribution in [3.8, 4) is 0 Å². The summed E-state index contributed by atoms with van der Waals surface area (Å²) in [5.74, 6) is 0. The second kappa shape index (κ2) is 7.75. The monoisotopic (exact) mass is 326 g/mol. The van der Waals surface area contributed by atoms with Gasteiger partial charge in [-0.25, -0.2) is 10.2 Å². The number of hydrazone groups is 1. The Morgan fingerprint density at radius 2 is 1.58 bits per heavy atom. The van der Waals surface area contributed by atoms with Crippen molar-refractivity contribution in [3.63, 3.8) is 0 Å². The number of ether oxygens (including phenoxy) is 1. The maximum absolute atomic E-state index is 11.8. The van der Waals surface area contributed by atoms with E-state index in [1.807, 2.05) is 48.5 Å². The fraction of sp³-hybridized carbons (Fsp3) is 0.263. The second-order valence-electron chi connectivity index (χ2n) is 6.29. The average molecular weight is 326 g/mol. The van der Waals surface area contributed by atoms with Crippen LogP contribution in [0.3, 0.4) is 0 Å². The van der Waals surface area contributed by atoms with Crippen LogP contribution in [0.5, 0.6) is 0 Å². The number of nitrogens with zero attached hydrogens (tertiary/aromatic N) is 1. The molecule has 0 aliphatic rings. The van der Waals surface area contributed by atoms with Gasteiger partial charge in [-0.05, 0) is 26.3 Å². The SMILES string of the molecule is CC(C)(C)OC(=O)N/N=C(\c1ccccc1)C(O)c1ccccc1. The lowest BCUT2D eigenvalue weighted by molar-refractivity contribution is 0.0528. The van der Waals surface area contributed by atoms with Gasteiger partial charge in [-0.2, -0.15) is 5.10 Å². The van der Waals surface area contributed by atoms with E-state index in [1.165, 1.54) is 0 Å². The molecule has 1 atom stereocenters. The Morgan fingerprint density at radius 3 is 2.12 bits per heavy atom. The van der Waals surface area contributed by atoms with Crippen molar-refractivity contribution >= 4 is 11.8 Å². The van der Waals surface area contributed by atoms with Gasteiger partial charge in [0.05, 0.1) is 0 Å². The summed E-state index contributed by atoms with van der Waals surface area (Å²) < 4.78 is 5.17. The summed E-state index contributed by atoms with van der Waals surface area (Å²) in [4.78, 5) is 11.8. The van der Waals surface area contributed by atoms with Crippen LogP contribution in [0, 0.1) is 0 Å². The van der Waals surface area contributed by atoms with Crippen molar-refractivity contribution < 1.29 is 14.6 Å². The molecule has 0 bridgehead atoms. The van der Waals surface area contributed by atoms with Crippen LogP contribution >= 0.6 is 0 Å². The third-order valence-corrected chi connectivity index (χ3v) is 3.11. The highest BCUT2D eigenvalue weighted by Gasteiger charge is 2.19. The number of benzene rings is 2. The maximum atomic E-state index is 11.8. The number of amides is 1. The van der Waals surface area contributed by atoms with Crippen LogP contribution in [-0.4, -0.2) is 22.5 Å². The van der Waals surface area contributed by atoms with Gasteiger partial charge in [0, 0.05) is 5.56 Å². The van der Waals surface area contributed by atoms with Gasteiger partial charge in [-0.15, -0.1) is 0 Å². The molecular formula is C19H22N2O3. The standard InChI is InChI=1S/C19H22N2O3/c1-19(2,3)24-18(23)21-20-16(14-10-6-4-7-11-14)17(22)15-12-8-5-9-13-15/h4-13,17,22H,1-3H3,(H,21,23)/b20-16+. The van der Waals surface area contributed by atoms with E-state index < -0.39 is 17.8 Å². The largest absolute Gasteiger partial charge is 0.443 e. The van der Waals surface area contributed by atoms with Crippen molar-refractivity contribution in [2.45, 2.75) is 32.5 Å². The number of hydrogen-bond acceptors (Lipinski definition) is 4. The normalized spacial score (nSPS) is 13.2. The number of aliphatic hydroxyl groups is 1. The van der Waals surface area contributed by atoms with Crippen LogP contribution in [0.2, 0.25) is 0 Å². The van der Waals surface area contributed by atoms with E-state index in [0.717, 1.165) is 0 Å². The Morgan fingerprint density at radius 1 is 1.04 bits per heavy atom. The summed E-state index contributed by atoms with van der Waals surface area (Å²) >= 11 is 0. The summed E-state index contributed by atoms with van der Waals surface area (Å²) in [5.41, 5.74) is 3.47. The predicted molar refractivity (Wildman–Crippen MR) is 93.8 cm³/mol. The van der Waals surface area contributed by atoms with Crippen molar-refractivity contribution in [2.75, 3.05) is 0 Å². The number of aliphatic hydroxyl groups excluding tert-OH is 1. The average Bonchev–Trinajstić information content (AvgIpc) is 2.55. The third kappa shape index (κ3) is 5.21. The molecule has 0 radical (unpaired) electrons. The molecule has 0 fully saturated rings. The summed E-state index contributed by atoms with van der Waals surface area (Å²) in [5, 5.41) is 14.8. The topological polar surface area (TPSA) is 70.9 Å². The first-order chi connectivity index (χ1) is 11.4. The Hall–Kier alpha value is -2.66. The molecule has 0 aliphatic heterocycles. The van der Waals surface area contributed by atoms with Crippen LogP contribution in [0.4, 0.5) is 4.79 Å². The summed E-state index contributed by atoms with van der Waals surface area (Å²) in [7, 11) is 0. The van der Waals surface area contributed by atoms with Gasteiger partial charge >= 0.3 is 6.09 Å². The fourth-order valence-corrected chi connectivity index (χ4v) is 2.09. The Balaban J connectivity index is 2.27. The molecule has 0 saturated heterocycles. The fourth-order valence-electron chi connectivity index (χ4n) is 2.09. The Labute approximate surface area is 142 Å². The summed E-state index contributed by atoms with van der Waals surface area (Å²) in [6.07, 6.45) is -1.64. The quantitative estimate of drug-likeness (QED) is 0.665. The van der Waals surface area contributed by atoms with Gasteiger partial charge in [0.2, 0.25) is 0 Å². The number of carbonyl (C=O) groups excluding carboxylic acids is 1. The Bertz CT molecular complexity index is 692. The molecular weight excluding hydrogens is 304 g/mol. The number of rotatable bonds is 4. The van der Waals surface area contributed by atoms with Crippen molar-refractivity contribution in [1.29, 1.82) is 0 Å². The zero-order valence-corrected chi connectivity index (χ0v) is 14.1. The predicted octanol–water partition coefficient (Wildman–Crippen LogP) is 3.65. The first kappa shape index (κ1) is 17.7. The highest BCUT2D eigenvalue weighted by Crippen LogP contribution is 2.19. The molecule has 2 rings (SSSR count). The highest BCUT2D eigenvalue weighted by atomic mass is 16.6. The van der Waals surface area contributed by atoms with Gasteiger partial charge < -0.3 is 9.84 Å². The van der Waals surface area contributed by atoms with E-state index in [2.05, 4.69) is 10.5 Å². The van der Waals surface area contributed by atoms with Crippen LogP contribution in [0.25, 0.3) is 0 Å². The molecule has 0 heterocycles. The van der Waals surface area contributed by atoms with Gasteiger partial charge in [-0.3, -0.25) is 0 Å². The van der Waals surface area contributed by atoms with E-state index in [-0.39, 0.29) is 0 Å². The lowest BCUT2D eigenvalue weighted by Crippen LogP contribution is -2.31. The highest BCUT2D eigenvalue weighted by molar-refractivity contribution is 6.04. The number of carbonyl (C=O) groups is 1. The van der Waals surface area contributed by atoms with Crippen LogP contribution < -0.4 is 5.43 Å². The molecule has 2 aromatic rings. The molecule has 1 amide bonds. The molecule has 5 nitrogen and oxygen atoms in total. The number of nitrogens with one attached hydrogen (secondary N) is 1. The van der Waals surface area contributed by atoms with Gasteiger partial charge in [0.25, 0.3) is 0 Å². The molecule has 2 aromatic carbocycles. The minimum Gasteiger partial charge on any atom is -0.443 e. The Kier molecular flexibility index (Phi) is 5.71. The van der Waals surface area contributed by atoms with E-state index in [0.29, 0.717) is 16.8 Å². The summed E-state index contributed by atoms with van der Waals surface area (Å²) in [6, 6.07) is 18.3. The smallest absolute Gasteiger partial charge is 0.428 e. The third-order valence-electron chi connectivity index (χ3n) is 3.11. The molecule has 1 unspecified atom stereocenters. The van der Waals surface area contributed by atoms with Crippen molar-refractivity contribution in [3.05, 3.63) is 71.8 Å². The zero-order chi connectivity index (χ0) is 17.6. The molecule has 2 N–H and O–H groups in total. The molecule has 0 aromatic heterocycles. The molecule has 126 valence electrons. The lowest BCUT2D eigenvalue weighted by atomic mass is 9.99. The van der Waals surface area contributed by atoms with E-state index in [9.17, 15) is 9.90 Å². The maximum Gasteiger partial charge on any atom is 0.428 e. The first-order valence-electron chi connectivity index (χ1n) is 7.72. The molecule has 0 spiro atoms. The van der Waals surface area contributed by atoms with Gasteiger partial charge in [0.1, 0.15) is 17.4 Å².